The molecular formula is C12H16O3. The first kappa shape index (κ1) is 11.6. The molecule has 0 bridgehead atoms. The van der Waals surface area contributed by atoms with Gasteiger partial charge in [0.05, 0.1) is 5.56 Å². The lowest BCUT2D eigenvalue weighted by atomic mass is 9.97. The molecule has 3 nitrogen and oxygen atoms in total. The Morgan fingerprint density at radius 2 is 1.87 bits per heavy atom. The first-order valence-corrected chi connectivity index (χ1v) is 5.12. The molecular weight excluding hydrogens is 192 g/mol. The number of Topliss-reactive ketones (excluding diaryl/α,β-unsaturated/α-hetero) is 1. The molecule has 0 aliphatic rings. The molecule has 3 heteroatoms. The van der Waals surface area contributed by atoms with E-state index in [0.717, 1.165) is 12.8 Å². The van der Waals surface area contributed by atoms with Crippen LogP contribution < -0.4 is 0 Å². The van der Waals surface area contributed by atoms with Crippen molar-refractivity contribution in [1.82, 2.24) is 0 Å². The summed E-state index contributed by atoms with van der Waals surface area (Å²) in [6.07, 6.45) is 2.48. The summed E-state index contributed by atoms with van der Waals surface area (Å²) in [7, 11) is 0. The summed E-state index contributed by atoms with van der Waals surface area (Å²) >= 11 is 0. The number of ketones is 1. The second kappa shape index (κ2) is 4.82. The molecule has 1 aromatic rings. The van der Waals surface area contributed by atoms with Crippen LogP contribution in [0, 0.1) is 0 Å². The summed E-state index contributed by atoms with van der Waals surface area (Å²) in [5.74, 6) is -0.174. The van der Waals surface area contributed by atoms with Gasteiger partial charge in [-0.15, -0.1) is 0 Å². The Morgan fingerprint density at radius 3 is 2.40 bits per heavy atom. The maximum absolute atomic E-state index is 11.3. The Bertz CT molecular complexity index is 369. The molecule has 0 aromatic heterocycles. The van der Waals surface area contributed by atoms with Crippen LogP contribution in [0.3, 0.4) is 0 Å². The van der Waals surface area contributed by atoms with Gasteiger partial charge in [0, 0.05) is 5.56 Å². The van der Waals surface area contributed by atoms with Crippen molar-refractivity contribution in [2.45, 2.75) is 33.1 Å². The minimum absolute atomic E-state index is 0.0496. The van der Waals surface area contributed by atoms with Crippen LogP contribution in [-0.2, 0) is 6.42 Å². The van der Waals surface area contributed by atoms with Crippen molar-refractivity contribution >= 4 is 5.78 Å². The van der Waals surface area contributed by atoms with E-state index < -0.39 is 0 Å². The predicted octanol–water partition coefficient (Wildman–Crippen LogP) is 2.64. The summed E-state index contributed by atoms with van der Waals surface area (Å²) in [4.78, 5) is 11.3. The van der Waals surface area contributed by atoms with Crippen LogP contribution in [-0.4, -0.2) is 16.0 Å². The van der Waals surface area contributed by atoms with Crippen molar-refractivity contribution in [2.24, 2.45) is 0 Å². The van der Waals surface area contributed by atoms with Crippen LogP contribution in [0.2, 0.25) is 0 Å². The molecule has 0 saturated heterocycles. The molecule has 0 fully saturated rings. The summed E-state index contributed by atoms with van der Waals surface area (Å²) in [6.45, 7) is 3.43. The Balaban J connectivity index is 3.19. The van der Waals surface area contributed by atoms with E-state index in [2.05, 4.69) is 0 Å². The molecule has 1 aromatic carbocycles. The zero-order valence-electron chi connectivity index (χ0n) is 9.08. The maximum Gasteiger partial charge on any atom is 0.163 e. The largest absolute Gasteiger partial charge is 0.508 e. The summed E-state index contributed by atoms with van der Waals surface area (Å²) in [5.41, 5.74) is 0.813. The summed E-state index contributed by atoms with van der Waals surface area (Å²) < 4.78 is 0. The number of carbonyl (C=O) groups is 1. The van der Waals surface area contributed by atoms with Crippen LogP contribution in [0.15, 0.2) is 12.1 Å². The van der Waals surface area contributed by atoms with Gasteiger partial charge in [-0.2, -0.15) is 0 Å². The van der Waals surface area contributed by atoms with E-state index in [1.165, 1.54) is 19.1 Å². The highest BCUT2D eigenvalue weighted by Crippen LogP contribution is 2.30. The molecule has 0 atom stereocenters. The highest BCUT2D eigenvalue weighted by Gasteiger charge is 2.15. The molecule has 0 unspecified atom stereocenters. The van der Waals surface area contributed by atoms with Gasteiger partial charge in [0.1, 0.15) is 11.5 Å². The van der Waals surface area contributed by atoms with Gasteiger partial charge in [0.2, 0.25) is 0 Å². The first-order chi connectivity index (χ1) is 7.07. The lowest BCUT2D eigenvalue weighted by molar-refractivity contribution is 0.101. The van der Waals surface area contributed by atoms with Gasteiger partial charge in [-0.25, -0.2) is 0 Å². The van der Waals surface area contributed by atoms with Gasteiger partial charge >= 0.3 is 0 Å². The van der Waals surface area contributed by atoms with Gasteiger partial charge in [-0.05, 0) is 31.9 Å². The summed E-state index contributed by atoms with van der Waals surface area (Å²) in [6, 6.07) is 2.77. The molecule has 2 N–H and O–H groups in total. The van der Waals surface area contributed by atoms with Gasteiger partial charge in [0.15, 0.2) is 5.78 Å². The Hall–Kier alpha value is -1.51. The van der Waals surface area contributed by atoms with Crippen molar-refractivity contribution in [3.63, 3.8) is 0 Å². The van der Waals surface area contributed by atoms with Crippen LogP contribution >= 0.6 is 0 Å². The minimum Gasteiger partial charge on any atom is -0.508 e. The van der Waals surface area contributed by atoms with Crippen molar-refractivity contribution < 1.29 is 15.0 Å². The number of rotatable bonds is 4. The number of hydrogen-bond donors (Lipinski definition) is 2. The van der Waals surface area contributed by atoms with E-state index in [1.54, 1.807) is 0 Å². The Labute approximate surface area is 89.4 Å². The fourth-order valence-corrected chi connectivity index (χ4v) is 1.62. The molecule has 0 spiro atoms. The molecule has 0 heterocycles. The van der Waals surface area contributed by atoms with Crippen LogP contribution in [0.25, 0.3) is 0 Å². The lowest BCUT2D eigenvalue weighted by Crippen LogP contribution is -2.01. The Morgan fingerprint density at radius 1 is 1.27 bits per heavy atom. The fraction of sp³-hybridized carbons (Fsp3) is 0.417. The first-order valence-electron chi connectivity index (χ1n) is 5.12. The second-order valence-corrected chi connectivity index (χ2v) is 3.62. The topological polar surface area (TPSA) is 57.5 Å². The zero-order valence-corrected chi connectivity index (χ0v) is 9.08. The monoisotopic (exact) mass is 208 g/mol. The highest BCUT2D eigenvalue weighted by molar-refractivity contribution is 5.98. The SMILES string of the molecule is CCCCc1c(O)ccc(O)c1C(C)=O. The molecule has 1 rings (SSSR count). The molecule has 0 aliphatic carbocycles. The Kier molecular flexibility index (Phi) is 3.72. The standard InChI is InChI=1S/C12H16O3/c1-3-4-5-9-10(14)6-7-11(15)12(9)8(2)13/h6-7,14-15H,3-5H2,1-2H3. The van der Waals surface area contributed by atoms with E-state index in [-0.39, 0.29) is 22.8 Å². The predicted molar refractivity (Wildman–Crippen MR) is 58.4 cm³/mol. The highest BCUT2D eigenvalue weighted by atomic mass is 16.3. The number of aromatic hydroxyl groups is 2. The smallest absolute Gasteiger partial charge is 0.163 e. The minimum atomic E-state index is -0.213. The van der Waals surface area contributed by atoms with E-state index in [4.69, 9.17) is 0 Å². The van der Waals surface area contributed by atoms with Crippen molar-refractivity contribution in [1.29, 1.82) is 0 Å². The third kappa shape index (κ3) is 2.49. The van der Waals surface area contributed by atoms with Gasteiger partial charge in [-0.1, -0.05) is 13.3 Å². The fourth-order valence-electron chi connectivity index (χ4n) is 1.62. The van der Waals surface area contributed by atoms with Crippen molar-refractivity contribution in [2.75, 3.05) is 0 Å². The second-order valence-electron chi connectivity index (χ2n) is 3.62. The lowest BCUT2D eigenvalue weighted by Gasteiger charge is -2.10. The average Bonchev–Trinajstić information content (AvgIpc) is 2.18. The van der Waals surface area contributed by atoms with Crippen LogP contribution in [0.5, 0.6) is 11.5 Å². The number of unbranched alkanes of at least 4 members (excludes halogenated alkanes) is 1. The quantitative estimate of drug-likeness (QED) is 0.590. The van der Waals surface area contributed by atoms with E-state index in [9.17, 15) is 15.0 Å². The number of benzene rings is 1. The molecule has 0 saturated carbocycles. The molecule has 82 valence electrons. The van der Waals surface area contributed by atoms with Crippen molar-refractivity contribution in [3.05, 3.63) is 23.3 Å². The van der Waals surface area contributed by atoms with E-state index in [1.807, 2.05) is 6.92 Å². The van der Waals surface area contributed by atoms with Crippen LogP contribution in [0.4, 0.5) is 0 Å². The van der Waals surface area contributed by atoms with Gasteiger partial charge in [-0.3, -0.25) is 4.79 Å². The maximum atomic E-state index is 11.3. The van der Waals surface area contributed by atoms with E-state index in [0.29, 0.717) is 12.0 Å². The normalized spacial score (nSPS) is 10.3. The van der Waals surface area contributed by atoms with Crippen molar-refractivity contribution in [3.8, 4) is 11.5 Å². The van der Waals surface area contributed by atoms with Gasteiger partial charge < -0.3 is 10.2 Å². The number of phenols is 2. The summed E-state index contributed by atoms with van der Waals surface area (Å²) in [5, 5.41) is 19.2. The van der Waals surface area contributed by atoms with Crippen LogP contribution in [0.1, 0.15) is 42.6 Å². The molecule has 15 heavy (non-hydrogen) atoms. The average molecular weight is 208 g/mol. The number of hydrogen-bond acceptors (Lipinski definition) is 3. The number of phenolic OH excluding ortho intramolecular Hbond substituents is 2. The number of carbonyl (C=O) groups excluding carboxylic acids is 1. The molecule has 0 aliphatic heterocycles. The van der Waals surface area contributed by atoms with Gasteiger partial charge in [0.25, 0.3) is 0 Å². The zero-order chi connectivity index (χ0) is 11.4. The third-order valence-electron chi connectivity index (χ3n) is 2.40. The van der Waals surface area contributed by atoms with E-state index >= 15 is 0 Å². The molecule has 0 radical (unpaired) electrons. The molecule has 0 amide bonds. The third-order valence-corrected chi connectivity index (χ3v) is 2.40.